The van der Waals surface area contributed by atoms with Gasteiger partial charge in [-0.3, -0.25) is 14.6 Å². The van der Waals surface area contributed by atoms with Crippen molar-refractivity contribution in [3.05, 3.63) is 95.5 Å². The van der Waals surface area contributed by atoms with Gasteiger partial charge in [-0.1, -0.05) is 12.1 Å². The molecule has 0 spiro atoms. The number of nitrogens with zero attached hydrogens (tertiary/aromatic N) is 3. The maximum absolute atomic E-state index is 13.7. The monoisotopic (exact) mass is 525 g/mol. The van der Waals surface area contributed by atoms with E-state index in [-0.39, 0.29) is 31.4 Å². The summed E-state index contributed by atoms with van der Waals surface area (Å²) < 4.78 is 19.7. The molecule has 8 nitrogen and oxygen atoms in total. The quantitative estimate of drug-likeness (QED) is 0.335. The number of nitrogens with one attached hydrogen (secondary N) is 1. The minimum Gasteiger partial charge on any atom is -0.459 e. The van der Waals surface area contributed by atoms with Gasteiger partial charge >= 0.3 is 0 Å². The van der Waals surface area contributed by atoms with Gasteiger partial charge in [-0.2, -0.15) is 0 Å². The van der Waals surface area contributed by atoms with Crippen molar-refractivity contribution in [2.75, 3.05) is 18.8 Å². The maximum Gasteiger partial charge on any atom is 0.255 e. The first-order chi connectivity index (χ1) is 18.7. The second-order valence-corrected chi connectivity index (χ2v) is 9.87. The van der Waals surface area contributed by atoms with E-state index in [4.69, 9.17) is 10.2 Å². The molecule has 0 saturated carbocycles. The molecule has 0 unspecified atom stereocenters. The van der Waals surface area contributed by atoms with Crippen molar-refractivity contribution in [1.82, 2.24) is 20.2 Å². The zero-order valence-corrected chi connectivity index (χ0v) is 21.6. The number of carbonyl (C=O) groups is 2. The molecule has 4 aromatic rings. The van der Waals surface area contributed by atoms with Crippen molar-refractivity contribution in [3.8, 4) is 22.6 Å². The maximum atomic E-state index is 13.7. The van der Waals surface area contributed by atoms with Crippen LogP contribution < -0.4 is 11.1 Å². The van der Waals surface area contributed by atoms with Crippen LogP contribution in [0, 0.1) is 6.92 Å². The van der Waals surface area contributed by atoms with E-state index in [1.165, 1.54) is 24.1 Å². The van der Waals surface area contributed by atoms with Gasteiger partial charge in [0, 0.05) is 29.6 Å². The molecular weight excluding hydrogens is 497 g/mol. The van der Waals surface area contributed by atoms with E-state index in [2.05, 4.69) is 15.3 Å². The molecule has 1 aliphatic heterocycles. The molecule has 0 aliphatic carbocycles. The van der Waals surface area contributed by atoms with Gasteiger partial charge in [0.05, 0.1) is 30.9 Å². The number of benzene rings is 1. The average Bonchev–Trinajstić information content (AvgIpc) is 3.38. The zero-order chi connectivity index (χ0) is 27.6. The number of anilines is 1. The zero-order valence-electron chi connectivity index (χ0n) is 21.6. The van der Waals surface area contributed by atoms with E-state index in [0.717, 1.165) is 27.9 Å². The number of nitrogens with two attached hydrogens (primary N) is 1. The summed E-state index contributed by atoms with van der Waals surface area (Å²) in [5.74, 6) is 1.27. The van der Waals surface area contributed by atoms with Gasteiger partial charge in [0.15, 0.2) is 0 Å². The standard InChI is InChI=1S/C30H28FN5O3/c1-19-13-21(25-9-6-22(15-33-25)29(38)36-17-30(2,31)18-36)5-8-24(19)26-10-7-23(39-26)16-35-28(37)12-4-20-3-11-27(32)34-14-20/h3-15H,16-18H2,1-2H3,(H2,32,34)(H,35,37)/b12-4+. The van der Waals surface area contributed by atoms with Crippen LogP contribution in [0.5, 0.6) is 0 Å². The lowest BCUT2D eigenvalue weighted by atomic mass is 9.98. The van der Waals surface area contributed by atoms with Crippen LogP contribution in [-0.4, -0.2) is 45.4 Å². The Bertz CT molecular complexity index is 1530. The Labute approximate surface area is 225 Å². The van der Waals surface area contributed by atoms with Crippen LogP contribution in [0.25, 0.3) is 28.7 Å². The van der Waals surface area contributed by atoms with Gasteiger partial charge < -0.3 is 20.4 Å². The van der Waals surface area contributed by atoms with E-state index < -0.39 is 5.67 Å². The molecule has 2 amide bonds. The Morgan fingerprint density at radius 1 is 1.10 bits per heavy atom. The molecule has 1 fully saturated rings. The molecule has 3 N–H and O–H groups in total. The molecule has 9 heteroatoms. The molecule has 0 radical (unpaired) electrons. The Kier molecular flexibility index (Phi) is 6.98. The molecule has 4 heterocycles. The van der Waals surface area contributed by atoms with Crippen molar-refractivity contribution in [2.45, 2.75) is 26.1 Å². The van der Waals surface area contributed by atoms with E-state index in [1.54, 1.807) is 36.5 Å². The van der Waals surface area contributed by atoms with Gasteiger partial charge in [0.25, 0.3) is 5.91 Å². The number of pyridine rings is 2. The number of aromatic nitrogens is 2. The lowest BCUT2D eigenvalue weighted by Crippen LogP contribution is -2.59. The highest BCUT2D eigenvalue weighted by atomic mass is 19.1. The summed E-state index contributed by atoms with van der Waals surface area (Å²) in [6.45, 7) is 3.93. The molecular formula is C30H28FN5O3. The molecule has 1 aromatic carbocycles. The topological polar surface area (TPSA) is 114 Å². The first-order valence-corrected chi connectivity index (χ1v) is 12.5. The second-order valence-electron chi connectivity index (χ2n) is 9.87. The lowest BCUT2D eigenvalue weighted by molar-refractivity contribution is -0.116. The van der Waals surface area contributed by atoms with Crippen molar-refractivity contribution in [1.29, 1.82) is 0 Å². The highest BCUT2D eigenvalue weighted by molar-refractivity contribution is 5.95. The summed E-state index contributed by atoms with van der Waals surface area (Å²) >= 11 is 0. The molecule has 39 heavy (non-hydrogen) atoms. The van der Waals surface area contributed by atoms with E-state index in [0.29, 0.717) is 22.9 Å². The third kappa shape index (κ3) is 6.04. The number of hydrogen-bond acceptors (Lipinski definition) is 6. The van der Waals surface area contributed by atoms with Crippen LogP contribution >= 0.6 is 0 Å². The average molecular weight is 526 g/mol. The Morgan fingerprint density at radius 3 is 2.59 bits per heavy atom. The van der Waals surface area contributed by atoms with E-state index in [1.807, 2.05) is 37.3 Å². The van der Waals surface area contributed by atoms with Gasteiger partial charge in [-0.25, -0.2) is 9.37 Å². The third-order valence-electron chi connectivity index (χ3n) is 6.46. The number of halogens is 1. The van der Waals surface area contributed by atoms with Crippen molar-refractivity contribution in [3.63, 3.8) is 0 Å². The van der Waals surface area contributed by atoms with Crippen LogP contribution in [0.3, 0.4) is 0 Å². The summed E-state index contributed by atoms with van der Waals surface area (Å²) in [6, 6.07) is 16.6. The Hall–Kier alpha value is -4.79. The predicted octanol–water partition coefficient (Wildman–Crippen LogP) is 4.81. The molecule has 5 rings (SSSR count). The largest absolute Gasteiger partial charge is 0.459 e. The van der Waals surface area contributed by atoms with Crippen LogP contribution in [-0.2, 0) is 11.3 Å². The fraction of sp³-hybridized carbons (Fsp3) is 0.200. The number of furan rings is 1. The minimum atomic E-state index is -1.31. The summed E-state index contributed by atoms with van der Waals surface area (Å²) in [7, 11) is 0. The number of likely N-dealkylation sites (tertiary alicyclic amines) is 1. The number of carbonyl (C=O) groups excluding carboxylic acids is 2. The molecule has 3 aromatic heterocycles. The molecule has 1 aliphatic rings. The summed E-state index contributed by atoms with van der Waals surface area (Å²) in [5, 5.41) is 2.80. The molecule has 198 valence electrons. The smallest absolute Gasteiger partial charge is 0.255 e. The van der Waals surface area contributed by atoms with Crippen molar-refractivity contribution < 1.29 is 18.4 Å². The second kappa shape index (κ2) is 10.5. The molecule has 0 atom stereocenters. The van der Waals surface area contributed by atoms with E-state index in [9.17, 15) is 14.0 Å². The van der Waals surface area contributed by atoms with Crippen LogP contribution in [0.4, 0.5) is 10.2 Å². The first-order valence-electron chi connectivity index (χ1n) is 12.5. The van der Waals surface area contributed by atoms with Gasteiger partial charge in [0.1, 0.15) is 23.0 Å². The highest BCUT2D eigenvalue weighted by Crippen LogP contribution is 2.30. The van der Waals surface area contributed by atoms with E-state index >= 15 is 0 Å². The Morgan fingerprint density at radius 2 is 1.92 bits per heavy atom. The number of hydrogen-bond donors (Lipinski definition) is 2. The number of rotatable bonds is 7. The molecule has 1 saturated heterocycles. The Balaban J connectivity index is 1.19. The SMILES string of the molecule is Cc1cc(-c2ccc(C(=O)N3CC(C)(F)C3)cn2)ccc1-c1ccc(CNC(=O)/C=C/c2ccc(N)nc2)o1. The summed E-state index contributed by atoms with van der Waals surface area (Å²) in [5.41, 5.74) is 9.01. The third-order valence-corrected chi connectivity index (χ3v) is 6.46. The highest BCUT2D eigenvalue weighted by Gasteiger charge is 2.41. The number of amides is 2. The van der Waals surface area contributed by atoms with Crippen LogP contribution in [0.1, 0.15) is 34.2 Å². The summed E-state index contributed by atoms with van der Waals surface area (Å²) in [6.07, 6.45) is 6.22. The minimum absolute atomic E-state index is 0.106. The van der Waals surface area contributed by atoms with Gasteiger partial charge in [-0.15, -0.1) is 0 Å². The first kappa shape index (κ1) is 25.8. The van der Waals surface area contributed by atoms with Crippen LogP contribution in [0.2, 0.25) is 0 Å². The lowest BCUT2D eigenvalue weighted by Gasteiger charge is -2.42. The van der Waals surface area contributed by atoms with Gasteiger partial charge in [0.2, 0.25) is 5.91 Å². The number of aryl methyl sites for hydroxylation is 1. The summed E-state index contributed by atoms with van der Waals surface area (Å²) in [4.78, 5) is 34.6. The fourth-order valence-electron chi connectivity index (χ4n) is 4.40. The molecule has 0 bridgehead atoms. The van der Waals surface area contributed by atoms with Crippen molar-refractivity contribution >= 4 is 23.7 Å². The van der Waals surface area contributed by atoms with Crippen LogP contribution in [0.15, 0.2) is 77.5 Å². The predicted molar refractivity (Wildman–Crippen MR) is 147 cm³/mol. The normalized spacial score (nSPS) is 14.3. The number of nitrogen functional groups attached to an aromatic ring is 1. The van der Waals surface area contributed by atoms with Crippen molar-refractivity contribution in [2.24, 2.45) is 0 Å². The number of alkyl halides is 1. The fourth-order valence-corrected chi connectivity index (χ4v) is 4.40. The van der Waals surface area contributed by atoms with Gasteiger partial charge in [-0.05, 0) is 73.5 Å².